The van der Waals surface area contributed by atoms with Gasteiger partial charge in [-0.05, 0) is 30.9 Å². The van der Waals surface area contributed by atoms with Crippen LogP contribution in [0.2, 0.25) is 0 Å². The molecule has 1 aromatic rings. The van der Waals surface area contributed by atoms with Crippen LogP contribution in [0, 0.1) is 5.92 Å². The van der Waals surface area contributed by atoms with Gasteiger partial charge in [0.2, 0.25) is 0 Å². The van der Waals surface area contributed by atoms with Crippen LogP contribution in [0.1, 0.15) is 44.1 Å². The Hall–Kier alpha value is -0.800. The van der Waals surface area contributed by atoms with Crippen LogP contribution in [0.5, 0.6) is 0 Å². The second-order valence-corrected chi connectivity index (χ2v) is 4.88. The number of aliphatic hydroxyl groups excluding tert-OH is 1. The van der Waals surface area contributed by atoms with Gasteiger partial charge in [0, 0.05) is 6.04 Å². The van der Waals surface area contributed by atoms with Crippen molar-refractivity contribution < 1.29 is 9.52 Å². The second kappa shape index (κ2) is 5.51. The molecule has 0 spiro atoms. The zero-order valence-electron chi connectivity index (χ0n) is 9.91. The van der Waals surface area contributed by atoms with Crippen LogP contribution in [-0.2, 0) is 13.2 Å². The Morgan fingerprint density at radius 3 is 2.88 bits per heavy atom. The Bertz CT molecular complexity index is 321. The number of furan rings is 1. The summed E-state index contributed by atoms with van der Waals surface area (Å²) < 4.78 is 5.44. The zero-order chi connectivity index (χ0) is 11.4. The average molecular weight is 223 g/mol. The van der Waals surface area contributed by atoms with Gasteiger partial charge in [-0.15, -0.1) is 0 Å². The molecule has 1 aliphatic rings. The van der Waals surface area contributed by atoms with Crippen molar-refractivity contribution in [1.29, 1.82) is 0 Å². The highest BCUT2D eigenvalue weighted by Crippen LogP contribution is 2.23. The summed E-state index contributed by atoms with van der Waals surface area (Å²) in [6, 6.07) is 4.40. The van der Waals surface area contributed by atoms with E-state index in [9.17, 15) is 0 Å². The molecule has 3 heteroatoms. The molecule has 0 bridgehead atoms. The molecule has 2 rings (SSSR count). The molecule has 2 atom stereocenters. The maximum atomic E-state index is 8.89. The molecule has 90 valence electrons. The molecule has 1 saturated carbocycles. The SMILES string of the molecule is CC1CCCC(NCc2ccc(CO)o2)C1. The van der Waals surface area contributed by atoms with E-state index in [2.05, 4.69) is 12.2 Å². The van der Waals surface area contributed by atoms with E-state index >= 15 is 0 Å². The number of nitrogens with one attached hydrogen (secondary N) is 1. The Morgan fingerprint density at radius 1 is 1.38 bits per heavy atom. The van der Waals surface area contributed by atoms with Crippen molar-refractivity contribution in [3.63, 3.8) is 0 Å². The first-order chi connectivity index (χ1) is 7.78. The van der Waals surface area contributed by atoms with E-state index in [1.165, 1.54) is 25.7 Å². The van der Waals surface area contributed by atoms with Crippen LogP contribution in [0.3, 0.4) is 0 Å². The summed E-state index contributed by atoms with van der Waals surface area (Å²) in [4.78, 5) is 0. The zero-order valence-corrected chi connectivity index (χ0v) is 9.91. The van der Waals surface area contributed by atoms with Gasteiger partial charge in [0.1, 0.15) is 18.1 Å². The molecular weight excluding hydrogens is 202 g/mol. The standard InChI is InChI=1S/C13H21NO2/c1-10-3-2-4-11(7-10)14-8-12-5-6-13(9-15)16-12/h5-6,10-11,14-15H,2-4,7-9H2,1H3. The van der Waals surface area contributed by atoms with E-state index in [0.717, 1.165) is 18.2 Å². The van der Waals surface area contributed by atoms with Crippen LogP contribution in [0.4, 0.5) is 0 Å². The van der Waals surface area contributed by atoms with E-state index in [4.69, 9.17) is 9.52 Å². The molecule has 1 fully saturated rings. The molecule has 0 amide bonds. The molecule has 1 aromatic heterocycles. The van der Waals surface area contributed by atoms with E-state index in [-0.39, 0.29) is 6.61 Å². The summed E-state index contributed by atoms with van der Waals surface area (Å²) in [5.74, 6) is 2.41. The lowest BCUT2D eigenvalue weighted by Gasteiger charge is -2.27. The summed E-state index contributed by atoms with van der Waals surface area (Å²) in [5, 5.41) is 12.4. The maximum Gasteiger partial charge on any atom is 0.129 e. The van der Waals surface area contributed by atoms with E-state index < -0.39 is 0 Å². The van der Waals surface area contributed by atoms with Crippen molar-refractivity contribution in [3.05, 3.63) is 23.7 Å². The van der Waals surface area contributed by atoms with Crippen molar-refractivity contribution in [1.82, 2.24) is 5.32 Å². The molecular formula is C13H21NO2. The highest BCUT2D eigenvalue weighted by molar-refractivity contribution is 5.06. The van der Waals surface area contributed by atoms with Gasteiger partial charge < -0.3 is 14.8 Å². The quantitative estimate of drug-likeness (QED) is 0.824. The number of aliphatic hydroxyl groups is 1. The third-order valence-electron chi connectivity index (χ3n) is 3.37. The molecule has 2 N–H and O–H groups in total. The highest BCUT2D eigenvalue weighted by atomic mass is 16.4. The first-order valence-corrected chi connectivity index (χ1v) is 6.19. The van der Waals surface area contributed by atoms with Crippen LogP contribution in [0.25, 0.3) is 0 Å². The normalized spacial score (nSPS) is 25.9. The Kier molecular flexibility index (Phi) is 4.02. The summed E-state index contributed by atoms with van der Waals surface area (Å²) in [5.41, 5.74) is 0. The minimum Gasteiger partial charge on any atom is -0.462 e. The summed E-state index contributed by atoms with van der Waals surface area (Å²) >= 11 is 0. The molecule has 2 unspecified atom stereocenters. The third kappa shape index (κ3) is 3.09. The lowest BCUT2D eigenvalue weighted by Crippen LogP contribution is -2.32. The Labute approximate surface area is 96.8 Å². The number of rotatable bonds is 4. The smallest absolute Gasteiger partial charge is 0.129 e. The van der Waals surface area contributed by atoms with E-state index in [0.29, 0.717) is 11.8 Å². The minimum atomic E-state index is -0.0134. The minimum absolute atomic E-state index is 0.0134. The van der Waals surface area contributed by atoms with Gasteiger partial charge in [-0.2, -0.15) is 0 Å². The van der Waals surface area contributed by atoms with Crippen molar-refractivity contribution in [2.75, 3.05) is 0 Å². The average Bonchev–Trinajstić information content (AvgIpc) is 2.74. The van der Waals surface area contributed by atoms with Crippen LogP contribution >= 0.6 is 0 Å². The molecule has 0 aromatic carbocycles. The Morgan fingerprint density at radius 2 is 2.19 bits per heavy atom. The summed E-state index contributed by atoms with van der Waals surface area (Å²) in [6.45, 7) is 3.09. The largest absolute Gasteiger partial charge is 0.462 e. The van der Waals surface area contributed by atoms with Crippen molar-refractivity contribution in [2.45, 2.75) is 51.8 Å². The monoisotopic (exact) mass is 223 g/mol. The van der Waals surface area contributed by atoms with E-state index in [1.54, 1.807) is 0 Å². The van der Waals surface area contributed by atoms with Gasteiger partial charge in [0.25, 0.3) is 0 Å². The first kappa shape index (κ1) is 11.7. The molecule has 16 heavy (non-hydrogen) atoms. The molecule has 1 aliphatic carbocycles. The first-order valence-electron chi connectivity index (χ1n) is 6.19. The van der Waals surface area contributed by atoms with Crippen LogP contribution in [0.15, 0.2) is 16.5 Å². The fourth-order valence-corrected chi connectivity index (χ4v) is 2.47. The lowest BCUT2D eigenvalue weighted by atomic mass is 9.87. The Balaban J connectivity index is 1.78. The summed E-state index contributed by atoms with van der Waals surface area (Å²) in [6.07, 6.45) is 5.25. The predicted molar refractivity (Wildman–Crippen MR) is 62.9 cm³/mol. The van der Waals surface area contributed by atoms with Crippen molar-refractivity contribution >= 4 is 0 Å². The van der Waals surface area contributed by atoms with E-state index in [1.807, 2.05) is 12.1 Å². The van der Waals surface area contributed by atoms with Gasteiger partial charge in [0.05, 0.1) is 6.54 Å². The van der Waals surface area contributed by atoms with Gasteiger partial charge in [-0.3, -0.25) is 0 Å². The number of hydrogen-bond donors (Lipinski definition) is 2. The fourth-order valence-electron chi connectivity index (χ4n) is 2.47. The molecule has 0 aliphatic heterocycles. The van der Waals surface area contributed by atoms with Crippen LogP contribution in [-0.4, -0.2) is 11.1 Å². The molecule has 3 nitrogen and oxygen atoms in total. The van der Waals surface area contributed by atoms with Crippen molar-refractivity contribution in [3.8, 4) is 0 Å². The maximum absolute atomic E-state index is 8.89. The topological polar surface area (TPSA) is 45.4 Å². The fraction of sp³-hybridized carbons (Fsp3) is 0.692. The second-order valence-electron chi connectivity index (χ2n) is 4.88. The van der Waals surface area contributed by atoms with Gasteiger partial charge in [-0.1, -0.05) is 19.8 Å². The van der Waals surface area contributed by atoms with Crippen molar-refractivity contribution in [2.24, 2.45) is 5.92 Å². The predicted octanol–water partition coefficient (Wildman–Crippen LogP) is 2.44. The molecule has 0 radical (unpaired) electrons. The lowest BCUT2D eigenvalue weighted by molar-refractivity contribution is 0.240. The van der Waals surface area contributed by atoms with Gasteiger partial charge in [-0.25, -0.2) is 0 Å². The molecule has 0 saturated heterocycles. The van der Waals surface area contributed by atoms with Crippen LogP contribution < -0.4 is 5.32 Å². The summed E-state index contributed by atoms with van der Waals surface area (Å²) in [7, 11) is 0. The van der Waals surface area contributed by atoms with Gasteiger partial charge in [0.15, 0.2) is 0 Å². The van der Waals surface area contributed by atoms with Gasteiger partial charge >= 0.3 is 0 Å². The highest BCUT2D eigenvalue weighted by Gasteiger charge is 2.18. The third-order valence-corrected chi connectivity index (χ3v) is 3.37. The molecule has 1 heterocycles. The number of hydrogen-bond acceptors (Lipinski definition) is 3.